The SMILES string of the molecule is CCN1CCC[C@H]1CNC(=O)NCc1ccc(-n2ccnc2)c(F)c1. The summed E-state index contributed by atoms with van der Waals surface area (Å²) in [6.45, 7) is 5.19. The van der Waals surface area contributed by atoms with Crippen molar-refractivity contribution < 1.29 is 9.18 Å². The lowest BCUT2D eigenvalue weighted by molar-refractivity contribution is 0.228. The van der Waals surface area contributed by atoms with Gasteiger partial charge in [0, 0.05) is 31.5 Å². The maximum absolute atomic E-state index is 14.2. The molecule has 1 fully saturated rings. The molecule has 1 aliphatic heterocycles. The van der Waals surface area contributed by atoms with E-state index in [2.05, 4.69) is 27.4 Å². The number of likely N-dealkylation sites (N-methyl/N-ethyl adjacent to an activating group) is 1. The van der Waals surface area contributed by atoms with Crippen LogP contribution in [-0.4, -0.2) is 46.2 Å². The Labute approximate surface area is 147 Å². The number of nitrogens with zero attached hydrogens (tertiary/aromatic N) is 3. The minimum Gasteiger partial charge on any atom is -0.337 e. The lowest BCUT2D eigenvalue weighted by atomic mass is 10.2. The Balaban J connectivity index is 1.48. The van der Waals surface area contributed by atoms with E-state index in [1.54, 1.807) is 35.4 Å². The Bertz CT molecular complexity index is 703. The van der Waals surface area contributed by atoms with Crippen LogP contribution < -0.4 is 10.6 Å². The summed E-state index contributed by atoms with van der Waals surface area (Å²) in [5, 5.41) is 5.69. The lowest BCUT2D eigenvalue weighted by Gasteiger charge is -2.22. The number of rotatable bonds is 6. The van der Waals surface area contributed by atoms with Gasteiger partial charge in [-0.3, -0.25) is 4.90 Å². The van der Waals surface area contributed by atoms with Crippen molar-refractivity contribution in [2.45, 2.75) is 32.4 Å². The Morgan fingerprint density at radius 2 is 2.28 bits per heavy atom. The Morgan fingerprint density at radius 1 is 1.40 bits per heavy atom. The van der Waals surface area contributed by atoms with Crippen LogP contribution in [0.3, 0.4) is 0 Å². The van der Waals surface area contributed by atoms with Gasteiger partial charge in [0.2, 0.25) is 0 Å². The summed E-state index contributed by atoms with van der Waals surface area (Å²) in [7, 11) is 0. The third-order valence-electron chi connectivity index (χ3n) is 4.65. The molecule has 2 heterocycles. The molecule has 2 N–H and O–H groups in total. The van der Waals surface area contributed by atoms with Crippen molar-refractivity contribution in [3.8, 4) is 5.69 Å². The van der Waals surface area contributed by atoms with E-state index >= 15 is 0 Å². The van der Waals surface area contributed by atoms with Crippen LogP contribution in [0.15, 0.2) is 36.9 Å². The first-order valence-corrected chi connectivity index (χ1v) is 8.70. The maximum Gasteiger partial charge on any atom is 0.315 e. The molecule has 0 spiro atoms. The maximum atomic E-state index is 14.2. The van der Waals surface area contributed by atoms with Gasteiger partial charge in [0.25, 0.3) is 0 Å². The van der Waals surface area contributed by atoms with E-state index in [4.69, 9.17) is 0 Å². The van der Waals surface area contributed by atoms with E-state index in [9.17, 15) is 9.18 Å². The van der Waals surface area contributed by atoms with Crippen molar-refractivity contribution in [2.24, 2.45) is 0 Å². The zero-order valence-corrected chi connectivity index (χ0v) is 14.4. The zero-order valence-electron chi connectivity index (χ0n) is 14.4. The highest BCUT2D eigenvalue weighted by Crippen LogP contribution is 2.16. The fraction of sp³-hybridized carbons (Fsp3) is 0.444. The molecular weight excluding hydrogens is 321 g/mol. The smallest absolute Gasteiger partial charge is 0.315 e. The Hall–Kier alpha value is -2.41. The van der Waals surface area contributed by atoms with E-state index in [0.29, 0.717) is 23.8 Å². The summed E-state index contributed by atoms with van der Waals surface area (Å²) in [5.74, 6) is -0.345. The van der Waals surface area contributed by atoms with Crippen LogP contribution in [-0.2, 0) is 6.54 Å². The zero-order chi connectivity index (χ0) is 17.6. The molecule has 7 heteroatoms. The van der Waals surface area contributed by atoms with Crippen LogP contribution in [0.2, 0.25) is 0 Å². The first-order valence-electron chi connectivity index (χ1n) is 8.70. The van der Waals surface area contributed by atoms with Gasteiger partial charge in [-0.1, -0.05) is 13.0 Å². The number of aromatic nitrogens is 2. The predicted molar refractivity (Wildman–Crippen MR) is 94.0 cm³/mol. The van der Waals surface area contributed by atoms with E-state index in [1.165, 1.54) is 12.5 Å². The van der Waals surface area contributed by atoms with E-state index in [-0.39, 0.29) is 18.4 Å². The van der Waals surface area contributed by atoms with Gasteiger partial charge >= 0.3 is 6.03 Å². The molecule has 0 saturated carbocycles. The summed E-state index contributed by atoms with van der Waals surface area (Å²) in [5.41, 5.74) is 1.15. The number of benzene rings is 1. The Kier molecular flexibility index (Phi) is 5.65. The quantitative estimate of drug-likeness (QED) is 0.844. The van der Waals surface area contributed by atoms with Crippen molar-refractivity contribution in [3.05, 3.63) is 48.3 Å². The van der Waals surface area contributed by atoms with Gasteiger partial charge in [-0.05, 0) is 43.6 Å². The molecule has 0 bridgehead atoms. The number of carbonyl (C=O) groups is 1. The van der Waals surface area contributed by atoms with Crippen molar-refractivity contribution in [1.82, 2.24) is 25.1 Å². The van der Waals surface area contributed by atoms with Crippen molar-refractivity contribution >= 4 is 6.03 Å². The number of nitrogens with one attached hydrogen (secondary N) is 2. The van der Waals surface area contributed by atoms with Gasteiger partial charge in [-0.15, -0.1) is 0 Å². The molecule has 0 radical (unpaired) electrons. The number of imidazole rings is 1. The van der Waals surface area contributed by atoms with Crippen LogP contribution in [0.4, 0.5) is 9.18 Å². The number of amides is 2. The Morgan fingerprint density at radius 3 is 3.00 bits per heavy atom. The number of carbonyl (C=O) groups excluding carboxylic acids is 1. The molecule has 6 nitrogen and oxygen atoms in total. The molecule has 2 amide bonds. The third kappa shape index (κ3) is 4.36. The minimum atomic E-state index is -0.345. The first kappa shape index (κ1) is 17.4. The van der Waals surface area contributed by atoms with Gasteiger partial charge in [-0.2, -0.15) is 0 Å². The summed E-state index contributed by atoms with van der Waals surface area (Å²) in [4.78, 5) is 18.3. The second-order valence-electron chi connectivity index (χ2n) is 6.24. The average Bonchev–Trinajstić information content (AvgIpc) is 3.29. The summed E-state index contributed by atoms with van der Waals surface area (Å²) < 4.78 is 15.8. The summed E-state index contributed by atoms with van der Waals surface area (Å²) >= 11 is 0. The highest BCUT2D eigenvalue weighted by atomic mass is 19.1. The molecule has 0 unspecified atom stereocenters. The molecule has 1 atom stereocenters. The number of hydrogen-bond donors (Lipinski definition) is 2. The molecule has 25 heavy (non-hydrogen) atoms. The standard InChI is InChI=1S/C18H24FN5O/c1-2-23-8-3-4-15(23)12-22-18(25)21-11-14-5-6-17(16(19)10-14)24-9-7-20-13-24/h5-7,9-10,13,15H,2-4,8,11-12H2,1H3,(H2,21,22,25)/t15-/m0/s1. The molecule has 1 saturated heterocycles. The third-order valence-corrected chi connectivity index (χ3v) is 4.65. The molecule has 2 aromatic rings. The normalized spacial score (nSPS) is 17.6. The van der Waals surface area contributed by atoms with Gasteiger partial charge < -0.3 is 15.2 Å². The van der Waals surface area contributed by atoms with E-state index in [0.717, 1.165) is 19.5 Å². The highest BCUT2D eigenvalue weighted by Gasteiger charge is 2.22. The molecule has 3 rings (SSSR count). The fourth-order valence-electron chi connectivity index (χ4n) is 3.27. The topological polar surface area (TPSA) is 62.2 Å². The van der Waals surface area contributed by atoms with Gasteiger partial charge in [0.15, 0.2) is 0 Å². The average molecular weight is 345 g/mol. The van der Waals surface area contributed by atoms with Crippen LogP contribution in [0.25, 0.3) is 5.69 Å². The second kappa shape index (κ2) is 8.11. The molecule has 0 aliphatic carbocycles. The van der Waals surface area contributed by atoms with E-state index < -0.39 is 0 Å². The molecule has 1 aliphatic rings. The van der Waals surface area contributed by atoms with Gasteiger partial charge in [0.05, 0.1) is 12.0 Å². The summed E-state index contributed by atoms with van der Waals surface area (Å²) in [6.07, 6.45) is 7.14. The molecular formula is C18H24FN5O. The predicted octanol–water partition coefficient (Wildman–Crippen LogP) is 2.29. The van der Waals surface area contributed by atoms with Crippen LogP contribution in [0.5, 0.6) is 0 Å². The van der Waals surface area contributed by atoms with Crippen molar-refractivity contribution in [2.75, 3.05) is 19.6 Å². The van der Waals surface area contributed by atoms with Crippen LogP contribution in [0.1, 0.15) is 25.3 Å². The van der Waals surface area contributed by atoms with Crippen molar-refractivity contribution in [3.63, 3.8) is 0 Å². The first-order chi connectivity index (χ1) is 12.2. The lowest BCUT2D eigenvalue weighted by Crippen LogP contribution is -2.43. The van der Waals surface area contributed by atoms with E-state index in [1.807, 2.05) is 0 Å². The minimum absolute atomic E-state index is 0.220. The number of urea groups is 1. The van der Waals surface area contributed by atoms with Gasteiger partial charge in [-0.25, -0.2) is 14.2 Å². The number of likely N-dealkylation sites (tertiary alicyclic amines) is 1. The molecule has 134 valence electrons. The molecule has 1 aromatic heterocycles. The molecule has 1 aromatic carbocycles. The largest absolute Gasteiger partial charge is 0.337 e. The number of halogens is 1. The van der Waals surface area contributed by atoms with Crippen LogP contribution in [0, 0.1) is 5.82 Å². The monoisotopic (exact) mass is 345 g/mol. The second-order valence-corrected chi connectivity index (χ2v) is 6.24. The number of hydrogen-bond acceptors (Lipinski definition) is 3. The van der Waals surface area contributed by atoms with Gasteiger partial charge in [0.1, 0.15) is 5.82 Å². The van der Waals surface area contributed by atoms with Crippen LogP contribution >= 0.6 is 0 Å². The van der Waals surface area contributed by atoms with Crippen molar-refractivity contribution in [1.29, 1.82) is 0 Å². The fourth-order valence-corrected chi connectivity index (χ4v) is 3.27. The highest BCUT2D eigenvalue weighted by molar-refractivity contribution is 5.73. The summed E-state index contributed by atoms with van der Waals surface area (Å²) in [6, 6.07) is 5.12.